The lowest BCUT2D eigenvalue weighted by molar-refractivity contribution is -0.157. The lowest BCUT2D eigenvalue weighted by Crippen LogP contribution is -2.43. The summed E-state index contributed by atoms with van der Waals surface area (Å²) in [6, 6.07) is 11.6. The van der Waals surface area contributed by atoms with E-state index in [4.69, 9.17) is 10.5 Å². The number of nitrogens with zero attached hydrogens (tertiary/aromatic N) is 4. The lowest BCUT2D eigenvalue weighted by atomic mass is 10.1. The number of para-hydroxylation sites is 1. The number of aromatic nitrogens is 2. The number of rotatable bonds is 3. The summed E-state index contributed by atoms with van der Waals surface area (Å²) in [6.45, 7) is 3.55. The molecule has 0 saturated carbocycles. The molecule has 3 aromatic rings. The van der Waals surface area contributed by atoms with Gasteiger partial charge in [-0.05, 0) is 18.2 Å². The summed E-state index contributed by atoms with van der Waals surface area (Å²) in [5, 5.41) is 4.25. The number of hydrogen-bond acceptors (Lipinski definition) is 8. The maximum Gasteiger partial charge on any atom is 0.398 e. The predicted molar refractivity (Wildman–Crippen MR) is 116 cm³/mol. The molecular formula is C22H22N6O3. The van der Waals surface area contributed by atoms with Crippen LogP contribution in [0.15, 0.2) is 48.8 Å². The van der Waals surface area contributed by atoms with Gasteiger partial charge in [-0.1, -0.05) is 18.2 Å². The fourth-order valence-corrected chi connectivity index (χ4v) is 4.32. The highest BCUT2D eigenvalue weighted by Gasteiger charge is 2.38. The number of pyridine rings is 2. The van der Waals surface area contributed by atoms with Crippen LogP contribution in [0.4, 0.5) is 17.2 Å². The average Bonchev–Trinajstić information content (AvgIpc) is 3.17. The van der Waals surface area contributed by atoms with Crippen molar-refractivity contribution in [2.45, 2.75) is 12.6 Å². The van der Waals surface area contributed by atoms with E-state index in [1.165, 1.54) is 0 Å². The number of carbonyl (C=O) groups excluding carboxylic acids is 2. The fraction of sp³-hybridized carbons (Fsp3) is 0.273. The van der Waals surface area contributed by atoms with Crippen molar-refractivity contribution in [3.05, 3.63) is 54.4 Å². The number of nitrogens with two attached hydrogens (primary N) is 1. The van der Waals surface area contributed by atoms with Gasteiger partial charge in [-0.15, -0.1) is 0 Å². The second-order valence-electron chi connectivity index (χ2n) is 7.51. The monoisotopic (exact) mass is 418 g/mol. The summed E-state index contributed by atoms with van der Waals surface area (Å²) in [5.74, 6) is -1.48. The fourth-order valence-electron chi connectivity index (χ4n) is 4.32. The topological polar surface area (TPSA) is 114 Å². The van der Waals surface area contributed by atoms with E-state index in [-0.39, 0.29) is 0 Å². The van der Waals surface area contributed by atoms with Crippen molar-refractivity contribution < 1.29 is 14.3 Å². The molecule has 1 unspecified atom stereocenters. The van der Waals surface area contributed by atoms with E-state index in [0.29, 0.717) is 12.2 Å². The Labute approximate surface area is 178 Å². The average molecular weight is 418 g/mol. The summed E-state index contributed by atoms with van der Waals surface area (Å²) < 4.78 is 5.53. The number of amides is 1. The number of anilines is 3. The van der Waals surface area contributed by atoms with Crippen LogP contribution >= 0.6 is 0 Å². The molecule has 31 heavy (non-hydrogen) atoms. The minimum absolute atomic E-state index is 0.401. The normalized spacial score (nSPS) is 18.1. The number of hydrogen-bond donors (Lipinski definition) is 2. The Morgan fingerprint density at radius 3 is 2.58 bits per heavy atom. The minimum atomic E-state index is -1.12. The largest absolute Gasteiger partial charge is 0.434 e. The highest BCUT2D eigenvalue weighted by molar-refractivity contribution is 6.31. The number of nitrogens with one attached hydrogen (secondary N) is 1. The van der Waals surface area contributed by atoms with Crippen molar-refractivity contribution in [3.63, 3.8) is 0 Å². The first-order chi connectivity index (χ1) is 15.1. The van der Waals surface area contributed by atoms with E-state index < -0.39 is 18.1 Å². The molecule has 1 aromatic carbocycles. The van der Waals surface area contributed by atoms with Gasteiger partial charge in [-0.25, -0.2) is 9.78 Å². The molecule has 158 valence electrons. The zero-order chi connectivity index (χ0) is 21.4. The van der Waals surface area contributed by atoms with Gasteiger partial charge >= 0.3 is 11.9 Å². The van der Waals surface area contributed by atoms with E-state index in [1.54, 1.807) is 12.4 Å². The van der Waals surface area contributed by atoms with Crippen LogP contribution in [0.25, 0.3) is 10.9 Å². The van der Waals surface area contributed by atoms with Gasteiger partial charge in [0.05, 0.1) is 11.2 Å². The smallest absolute Gasteiger partial charge is 0.398 e. The Morgan fingerprint density at radius 1 is 1.03 bits per heavy atom. The van der Waals surface area contributed by atoms with Crippen LogP contribution in [0.3, 0.4) is 0 Å². The first-order valence-corrected chi connectivity index (χ1v) is 10.2. The summed E-state index contributed by atoms with van der Waals surface area (Å²) in [7, 11) is 0. The molecule has 0 spiro atoms. The van der Waals surface area contributed by atoms with E-state index in [1.807, 2.05) is 41.3 Å². The summed E-state index contributed by atoms with van der Waals surface area (Å²) in [4.78, 5) is 36.8. The molecule has 1 amide bonds. The Bertz CT molecular complexity index is 1160. The lowest BCUT2D eigenvalue weighted by Gasteiger charge is -2.31. The van der Waals surface area contributed by atoms with Crippen LogP contribution in [0.2, 0.25) is 0 Å². The van der Waals surface area contributed by atoms with Gasteiger partial charge in [0, 0.05) is 61.6 Å². The number of esters is 1. The Balaban J connectivity index is 1.64. The molecule has 9 nitrogen and oxygen atoms in total. The predicted octanol–water partition coefficient (Wildman–Crippen LogP) is 1.09. The van der Waals surface area contributed by atoms with Crippen LogP contribution in [0.1, 0.15) is 5.56 Å². The molecule has 2 aliphatic rings. The van der Waals surface area contributed by atoms with Gasteiger partial charge in [0.25, 0.3) is 0 Å². The Morgan fingerprint density at radius 2 is 1.77 bits per heavy atom. The Kier molecular flexibility index (Phi) is 4.87. The molecule has 9 heteroatoms. The molecule has 0 bridgehead atoms. The first-order valence-electron chi connectivity index (χ1n) is 10.2. The molecular weight excluding hydrogens is 396 g/mol. The van der Waals surface area contributed by atoms with Gasteiger partial charge in [0.1, 0.15) is 5.82 Å². The molecule has 0 aliphatic carbocycles. The van der Waals surface area contributed by atoms with Crippen LogP contribution in [-0.2, 0) is 20.7 Å². The van der Waals surface area contributed by atoms with Crippen LogP contribution in [0.5, 0.6) is 0 Å². The van der Waals surface area contributed by atoms with Crippen molar-refractivity contribution >= 4 is 40.0 Å². The number of primary amides is 1. The third kappa shape index (κ3) is 3.42. The third-order valence-electron chi connectivity index (χ3n) is 5.69. The number of ether oxygens (including phenoxy) is 1. The standard InChI is InChI=1S/C22H22N6O3/c23-20(29)22(30)31-19-13-15-17(27-11-9-24-10-12-27)5-8-26-21(15)28(19)18-6-7-25-16-4-2-1-3-14(16)18/h1-8,19,24H,9-13H2,(H2,23,29). The van der Waals surface area contributed by atoms with E-state index in [2.05, 4.69) is 20.2 Å². The van der Waals surface area contributed by atoms with E-state index in [9.17, 15) is 9.59 Å². The van der Waals surface area contributed by atoms with Crippen LogP contribution in [-0.4, -0.2) is 54.3 Å². The summed E-state index contributed by atoms with van der Waals surface area (Å²) in [6.07, 6.45) is 3.14. The highest BCUT2D eigenvalue weighted by atomic mass is 16.6. The summed E-state index contributed by atoms with van der Waals surface area (Å²) >= 11 is 0. The second kappa shape index (κ2) is 7.84. The van der Waals surface area contributed by atoms with E-state index in [0.717, 1.165) is 54.0 Å². The molecule has 3 N–H and O–H groups in total. The molecule has 1 fully saturated rings. The van der Waals surface area contributed by atoms with Gasteiger partial charge in [0.2, 0.25) is 0 Å². The SMILES string of the molecule is NC(=O)C(=O)OC1Cc2c(N3CCNCC3)ccnc2N1c1ccnc2ccccc12. The van der Waals surface area contributed by atoms with Crippen molar-refractivity contribution in [1.82, 2.24) is 15.3 Å². The number of piperazine rings is 1. The minimum Gasteiger partial charge on any atom is -0.434 e. The molecule has 2 aliphatic heterocycles. The number of fused-ring (bicyclic) bond motifs is 2. The quantitative estimate of drug-likeness (QED) is 0.480. The van der Waals surface area contributed by atoms with Crippen molar-refractivity contribution in [1.29, 1.82) is 0 Å². The maximum absolute atomic E-state index is 12.1. The molecule has 0 radical (unpaired) electrons. The molecule has 2 aromatic heterocycles. The van der Waals surface area contributed by atoms with Gasteiger partial charge < -0.3 is 20.7 Å². The van der Waals surface area contributed by atoms with Gasteiger partial charge in [-0.3, -0.25) is 14.7 Å². The summed E-state index contributed by atoms with van der Waals surface area (Å²) in [5.41, 5.74) is 8.82. The second-order valence-corrected chi connectivity index (χ2v) is 7.51. The van der Waals surface area contributed by atoms with Crippen molar-refractivity contribution in [2.75, 3.05) is 36.0 Å². The van der Waals surface area contributed by atoms with Crippen LogP contribution < -0.4 is 20.9 Å². The van der Waals surface area contributed by atoms with Gasteiger partial charge in [-0.2, -0.15) is 0 Å². The molecule has 4 heterocycles. The number of benzene rings is 1. The highest BCUT2D eigenvalue weighted by Crippen LogP contribution is 2.43. The van der Waals surface area contributed by atoms with Crippen molar-refractivity contribution in [3.8, 4) is 0 Å². The molecule has 1 saturated heterocycles. The van der Waals surface area contributed by atoms with E-state index >= 15 is 0 Å². The number of carbonyl (C=O) groups is 2. The van der Waals surface area contributed by atoms with Crippen LogP contribution in [0, 0.1) is 0 Å². The zero-order valence-electron chi connectivity index (χ0n) is 16.8. The first kappa shape index (κ1) is 19.3. The third-order valence-corrected chi connectivity index (χ3v) is 5.69. The molecule has 5 rings (SSSR count). The molecule has 1 atom stereocenters. The Hall–Kier alpha value is -3.72. The van der Waals surface area contributed by atoms with Gasteiger partial charge in [0.15, 0.2) is 6.23 Å². The maximum atomic E-state index is 12.1. The van der Waals surface area contributed by atoms with Crippen molar-refractivity contribution in [2.24, 2.45) is 5.73 Å². The zero-order valence-corrected chi connectivity index (χ0v) is 16.8.